The largest absolute Gasteiger partial charge is 0.480 e. The zero-order valence-electron chi connectivity index (χ0n) is 12.4. The van der Waals surface area contributed by atoms with Crippen molar-refractivity contribution in [1.29, 1.82) is 0 Å². The zero-order valence-corrected chi connectivity index (χ0v) is 12.4. The number of carboxylic acid groups (broad SMARTS) is 1. The fraction of sp³-hybridized carbons (Fsp3) is 0.294. The van der Waals surface area contributed by atoms with E-state index in [1.54, 1.807) is 6.92 Å². The van der Waals surface area contributed by atoms with Gasteiger partial charge in [0.25, 0.3) is 0 Å². The molecule has 1 amide bonds. The SMILES string of the molecule is CCOCC(=O)N[C@@H](Cc1cccc2ccccc12)C(=O)O. The molecular formula is C17H19NO4. The lowest BCUT2D eigenvalue weighted by atomic mass is 9.99. The topological polar surface area (TPSA) is 75.6 Å². The van der Waals surface area contributed by atoms with Gasteiger partial charge in [0.2, 0.25) is 5.91 Å². The molecule has 0 saturated heterocycles. The monoisotopic (exact) mass is 301 g/mol. The van der Waals surface area contributed by atoms with Crippen molar-refractivity contribution < 1.29 is 19.4 Å². The van der Waals surface area contributed by atoms with Crippen molar-refractivity contribution in [3.63, 3.8) is 0 Å². The van der Waals surface area contributed by atoms with Crippen LogP contribution in [0.2, 0.25) is 0 Å². The first-order chi connectivity index (χ1) is 10.6. The Labute approximate surface area is 128 Å². The van der Waals surface area contributed by atoms with Gasteiger partial charge in [0.1, 0.15) is 12.6 Å². The Morgan fingerprint density at radius 3 is 2.64 bits per heavy atom. The number of carbonyl (C=O) groups excluding carboxylic acids is 1. The van der Waals surface area contributed by atoms with Gasteiger partial charge in [0.15, 0.2) is 0 Å². The molecule has 0 aromatic heterocycles. The second-order valence-corrected chi connectivity index (χ2v) is 4.94. The Morgan fingerprint density at radius 2 is 1.91 bits per heavy atom. The van der Waals surface area contributed by atoms with Gasteiger partial charge in [0.05, 0.1) is 0 Å². The maximum Gasteiger partial charge on any atom is 0.326 e. The Hall–Kier alpha value is -2.40. The maximum atomic E-state index is 11.7. The van der Waals surface area contributed by atoms with Crippen LogP contribution in [-0.4, -0.2) is 36.2 Å². The van der Waals surface area contributed by atoms with Gasteiger partial charge < -0.3 is 15.2 Å². The number of fused-ring (bicyclic) bond motifs is 1. The molecule has 116 valence electrons. The Kier molecular flexibility index (Phi) is 5.49. The van der Waals surface area contributed by atoms with Crippen molar-refractivity contribution in [2.75, 3.05) is 13.2 Å². The lowest BCUT2D eigenvalue weighted by molar-refractivity contribution is -0.142. The van der Waals surface area contributed by atoms with Crippen LogP contribution in [0.15, 0.2) is 42.5 Å². The smallest absolute Gasteiger partial charge is 0.326 e. The summed E-state index contributed by atoms with van der Waals surface area (Å²) < 4.78 is 4.99. The van der Waals surface area contributed by atoms with Gasteiger partial charge in [-0.05, 0) is 23.3 Å². The number of carbonyl (C=O) groups is 2. The highest BCUT2D eigenvalue weighted by Gasteiger charge is 2.21. The van der Waals surface area contributed by atoms with E-state index >= 15 is 0 Å². The van der Waals surface area contributed by atoms with E-state index in [1.807, 2.05) is 42.5 Å². The van der Waals surface area contributed by atoms with E-state index in [-0.39, 0.29) is 13.0 Å². The first-order valence-electron chi connectivity index (χ1n) is 7.18. The summed E-state index contributed by atoms with van der Waals surface area (Å²) in [5, 5.41) is 13.9. The first-order valence-corrected chi connectivity index (χ1v) is 7.18. The molecule has 1 atom stereocenters. The maximum absolute atomic E-state index is 11.7. The highest BCUT2D eigenvalue weighted by molar-refractivity contribution is 5.88. The number of benzene rings is 2. The third kappa shape index (κ3) is 4.05. The van der Waals surface area contributed by atoms with Gasteiger partial charge in [0, 0.05) is 13.0 Å². The third-order valence-electron chi connectivity index (χ3n) is 3.37. The lowest BCUT2D eigenvalue weighted by Gasteiger charge is -2.16. The first kappa shape index (κ1) is 16.0. The number of hydrogen-bond acceptors (Lipinski definition) is 3. The summed E-state index contributed by atoms with van der Waals surface area (Å²) >= 11 is 0. The van der Waals surface area contributed by atoms with E-state index in [1.165, 1.54) is 0 Å². The van der Waals surface area contributed by atoms with Crippen molar-refractivity contribution in [3.8, 4) is 0 Å². The molecule has 0 fully saturated rings. The average Bonchev–Trinajstić information content (AvgIpc) is 2.52. The molecule has 2 aromatic rings. The molecule has 0 unspecified atom stereocenters. The van der Waals surface area contributed by atoms with Gasteiger partial charge in [-0.2, -0.15) is 0 Å². The Morgan fingerprint density at radius 1 is 1.18 bits per heavy atom. The second kappa shape index (κ2) is 7.56. The summed E-state index contributed by atoms with van der Waals surface area (Å²) in [6.07, 6.45) is 0.231. The van der Waals surface area contributed by atoms with E-state index in [9.17, 15) is 14.7 Å². The zero-order chi connectivity index (χ0) is 15.9. The van der Waals surface area contributed by atoms with Crippen molar-refractivity contribution in [3.05, 3.63) is 48.0 Å². The molecule has 0 saturated carbocycles. The van der Waals surface area contributed by atoms with Gasteiger partial charge in [-0.25, -0.2) is 4.79 Å². The normalized spacial score (nSPS) is 12.0. The van der Waals surface area contributed by atoms with E-state index in [2.05, 4.69) is 5.32 Å². The van der Waals surface area contributed by atoms with Crippen LogP contribution in [-0.2, 0) is 20.7 Å². The molecule has 5 nitrogen and oxygen atoms in total. The number of nitrogens with one attached hydrogen (secondary N) is 1. The predicted octanol–water partition coefficient (Wildman–Crippen LogP) is 1.99. The van der Waals surface area contributed by atoms with Crippen molar-refractivity contribution >= 4 is 22.6 Å². The Bertz CT molecular complexity index is 663. The minimum atomic E-state index is -1.06. The van der Waals surface area contributed by atoms with Crippen molar-refractivity contribution in [1.82, 2.24) is 5.32 Å². The molecule has 22 heavy (non-hydrogen) atoms. The lowest BCUT2D eigenvalue weighted by Crippen LogP contribution is -2.43. The van der Waals surface area contributed by atoms with Crippen LogP contribution in [0.3, 0.4) is 0 Å². The summed E-state index contributed by atoms with van der Waals surface area (Å²) in [7, 11) is 0. The van der Waals surface area contributed by atoms with Crippen LogP contribution >= 0.6 is 0 Å². The molecule has 5 heteroatoms. The molecule has 0 aliphatic heterocycles. The number of hydrogen-bond donors (Lipinski definition) is 2. The molecular weight excluding hydrogens is 282 g/mol. The van der Waals surface area contributed by atoms with Gasteiger partial charge in [-0.15, -0.1) is 0 Å². The quantitative estimate of drug-likeness (QED) is 0.820. The molecule has 0 heterocycles. The predicted molar refractivity (Wildman–Crippen MR) is 83.7 cm³/mol. The summed E-state index contributed by atoms with van der Waals surface area (Å²) in [6, 6.07) is 12.5. The number of rotatable bonds is 7. The molecule has 0 radical (unpaired) electrons. The summed E-state index contributed by atoms with van der Waals surface area (Å²) in [5.41, 5.74) is 0.891. The van der Waals surface area contributed by atoms with Crippen molar-refractivity contribution in [2.45, 2.75) is 19.4 Å². The standard InChI is InChI=1S/C17H19NO4/c1-2-22-11-16(19)18-15(17(20)21)10-13-8-5-7-12-6-3-4-9-14(12)13/h3-9,15H,2,10-11H2,1H3,(H,18,19)(H,20,21)/t15-/m0/s1. The number of amides is 1. The van der Waals surface area contributed by atoms with Crippen LogP contribution in [0, 0.1) is 0 Å². The van der Waals surface area contributed by atoms with E-state index in [4.69, 9.17) is 4.74 Å². The molecule has 0 aliphatic carbocycles. The van der Waals surface area contributed by atoms with Crippen LogP contribution in [0.5, 0.6) is 0 Å². The van der Waals surface area contributed by atoms with Gasteiger partial charge >= 0.3 is 5.97 Å². The van der Waals surface area contributed by atoms with Crippen LogP contribution in [0.1, 0.15) is 12.5 Å². The van der Waals surface area contributed by atoms with Gasteiger partial charge in [-0.3, -0.25) is 4.79 Å². The fourth-order valence-electron chi connectivity index (χ4n) is 2.32. The summed E-state index contributed by atoms with van der Waals surface area (Å²) in [6.45, 7) is 2.06. The van der Waals surface area contributed by atoms with Crippen LogP contribution in [0.25, 0.3) is 10.8 Å². The van der Waals surface area contributed by atoms with E-state index in [0.29, 0.717) is 6.61 Å². The number of aliphatic carboxylic acids is 1. The second-order valence-electron chi connectivity index (χ2n) is 4.94. The summed E-state index contributed by atoms with van der Waals surface area (Å²) in [5.74, 6) is -1.48. The highest BCUT2D eigenvalue weighted by atomic mass is 16.5. The average molecular weight is 301 g/mol. The Balaban J connectivity index is 2.16. The van der Waals surface area contributed by atoms with Crippen LogP contribution in [0.4, 0.5) is 0 Å². The fourth-order valence-corrected chi connectivity index (χ4v) is 2.32. The van der Waals surface area contributed by atoms with E-state index < -0.39 is 17.9 Å². The van der Waals surface area contributed by atoms with Crippen LogP contribution < -0.4 is 5.32 Å². The molecule has 0 spiro atoms. The molecule has 2 rings (SSSR count). The minimum Gasteiger partial charge on any atom is -0.480 e. The molecule has 0 bridgehead atoms. The number of carboxylic acids is 1. The van der Waals surface area contributed by atoms with Gasteiger partial charge in [-0.1, -0.05) is 42.5 Å². The van der Waals surface area contributed by atoms with Crippen molar-refractivity contribution in [2.24, 2.45) is 0 Å². The third-order valence-corrected chi connectivity index (χ3v) is 3.37. The summed E-state index contributed by atoms with van der Waals surface area (Å²) in [4.78, 5) is 23.1. The number of ether oxygens (including phenoxy) is 1. The van der Waals surface area contributed by atoms with E-state index in [0.717, 1.165) is 16.3 Å². The molecule has 2 aromatic carbocycles. The minimum absolute atomic E-state index is 0.129. The highest BCUT2D eigenvalue weighted by Crippen LogP contribution is 2.19. The molecule has 0 aliphatic rings. The molecule has 2 N–H and O–H groups in total.